The van der Waals surface area contributed by atoms with E-state index in [0.717, 1.165) is 4.57 Å². The van der Waals surface area contributed by atoms with E-state index in [1.54, 1.807) is 67.4 Å². The number of carbonyl (C=O) groups is 2. The number of rotatable bonds is 9. The second-order valence-corrected chi connectivity index (χ2v) is 7.90. The summed E-state index contributed by atoms with van der Waals surface area (Å²) >= 11 is 0. The summed E-state index contributed by atoms with van der Waals surface area (Å²) in [5.74, 6) is 0.0427. The lowest BCUT2D eigenvalue weighted by atomic mass is 10.1. The van der Waals surface area contributed by atoms with Crippen molar-refractivity contribution >= 4 is 23.2 Å². The van der Waals surface area contributed by atoms with Gasteiger partial charge in [-0.25, -0.2) is 4.98 Å². The first kappa shape index (κ1) is 25.8. The average Bonchev–Trinajstić information content (AvgIpc) is 3.23. The molecular weight excluding hydrogens is 463 g/mol. The lowest BCUT2D eigenvalue weighted by Gasteiger charge is -2.24. The largest absolute Gasteiger partial charge is 0.495 e. The van der Waals surface area contributed by atoms with Crippen LogP contribution in [-0.4, -0.2) is 52.6 Å². The number of likely N-dealkylation sites (N-methyl/N-ethyl adjacent to an activating group) is 1. The summed E-state index contributed by atoms with van der Waals surface area (Å²) in [6.45, 7) is 0.550. The highest BCUT2D eigenvalue weighted by Gasteiger charge is 2.29. The van der Waals surface area contributed by atoms with Gasteiger partial charge in [-0.3, -0.25) is 14.5 Å². The Morgan fingerprint density at radius 3 is 2.46 bits per heavy atom. The Balaban J connectivity index is 1.58. The Hall–Kier alpha value is -3.86. The minimum absolute atomic E-state index is 0.0553. The van der Waals surface area contributed by atoms with Crippen LogP contribution in [0.3, 0.4) is 0 Å². The number of aromatic nitrogens is 2. The molecule has 3 aromatic rings. The van der Waals surface area contributed by atoms with Crippen molar-refractivity contribution in [1.82, 2.24) is 14.5 Å². The molecule has 1 heterocycles. The monoisotopic (exact) mass is 489 g/mol. The molecule has 8 nitrogen and oxygen atoms in total. The van der Waals surface area contributed by atoms with Crippen LogP contribution >= 0.6 is 0 Å². The zero-order valence-corrected chi connectivity index (χ0v) is 19.5. The third-order valence-corrected chi connectivity index (χ3v) is 5.35. The minimum Gasteiger partial charge on any atom is -0.495 e. The zero-order valence-electron chi connectivity index (χ0n) is 19.5. The molecule has 0 radical (unpaired) electrons. The van der Waals surface area contributed by atoms with E-state index in [9.17, 15) is 22.8 Å². The van der Waals surface area contributed by atoms with Gasteiger partial charge in [-0.1, -0.05) is 12.1 Å². The highest BCUT2D eigenvalue weighted by Crippen LogP contribution is 2.24. The van der Waals surface area contributed by atoms with E-state index in [-0.39, 0.29) is 24.2 Å². The Bertz CT molecular complexity index is 1160. The second-order valence-electron chi connectivity index (χ2n) is 7.90. The topological polar surface area (TPSA) is 88.5 Å². The number of imidazole rings is 1. The number of nitrogens with one attached hydrogen (secondary N) is 2. The van der Waals surface area contributed by atoms with Crippen molar-refractivity contribution in [2.24, 2.45) is 0 Å². The smallest absolute Gasteiger partial charge is 0.406 e. The third-order valence-electron chi connectivity index (χ3n) is 5.35. The number of halogens is 3. The summed E-state index contributed by atoms with van der Waals surface area (Å²) in [5, 5.41) is 5.52. The predicted molar refractivity (Wildman–Crippen MR) is 125 cm³/mol. The van der Waals surface area contributed by atoms with Crippen molar-refractivity contribution in [3.63, 3.8) is 0 Å². The van der Waals surface area contributed by atoms with E-state index in [1.165, 1.54) is 19.5 Å². The van der Waals surface area contributed by atoms with Gasteiger partial charge in [-0.05, 0) is 50.4 Å². The van der Waals surface area contributed by atoms with Gasteiger partial charge in [0.2, 0.25) is 5.91 Å². The van der Waals surface area contributed by atoms with Gasteiger partial charge >= 0.3 is 6.18 Å². The molecule has 186 valence electrons. The first-order valence-electron chi connectivity index (χ1n) is 10.7. The number of methoxy groups -OCH3 is 1. The molecule has 0 aliphatic rings. The lowest BCUT2D eigenvalue weighted by molar-refractivity contribution is -0.141. The molecule has 0 bridgehead atoms. The van der Waals surface area contributed by atoms with Crippen LogP contribution in [0.1, 0.15) is 23.1 Å². The van der Waals surface area contributed by atoms with E-state index in [0.29, 0.717) is 22.7 Å². The highest BCUT2D eigenvalue weighted by atomic mass is 19.4. The number of ether oxygens (including phenoxy) is 1. The minimum atomic E-state index is -4.37. The second kappa shape index (κ2) is 11.0. The van der Waals surface area contributed by atoms with E-state index in [4.69, 9.17) is 4.74 Å². The SMILES string of the molecule is COc1ccccc1NC(=O)c1ccc(NC(=O)C(C)N(C)Cc2nccn2CC(F)(F)F)cc1. The molecule has 3 rings (SSSR count). The van der Waals surface area contributed by atoms with Crippen LogP contribution < -0.4 is 15.4 Å². The number of hydrogen-bond donors (Lipinski definition) is 2. The molecular formula is C24H26F3N5O3. The predicted octanol–water partition coefficient (Wildman–Crippen LogP) is 4.17. The molecule has 11 heteroatoms. The lowest BCUT2D eigenvalue weighted by Crippen LogP contribution is -2.39. The molecule has 1 atom stereocenters. The number of anilines is 2. The van der Waals surface area contributed by atoms with Gasteiger partial charge in [0.05, 0.1) is 25.4 Å². The van der Waals surface area contributed by atoms with Crippen molar-refractivity contribution < 1.29 is 27.5 Å². The summed E-state index contributed by atoms with van der Waals surface area (Å²) in [5.41, 5.74) is 1.39. The molecule has 2 N–H and O–H groups in total. The Morgan fingerprint density at radius 1 is 1.11 bits per heavy atom. The zero-order chi connectivity index (χ0) is 25.6. The molecule has 0 spiro atoms. The number of alkyl halides is 3. The van der Waals surface area contributed by atoms with Crippen LogP contribution in [0.25, 0.3) is 0 Å². The van der Waals surface area contributed by atoms with E-state index in [2.05, 4.69) is 15.6 Å². The number of carbonyl (C=O) groups excluding carboxylic acids is 2. The van der Waals surface area contributed by atoms with Gasteiger partial charge in [-0.15, -0.1) is 0 Å². The average molecular weight is 489 g/mol. The van der Waals surface area contributed by atoms with Crippen LogP contribution in [0.4, 0.5) is 24.5 Å². The van der Waals surface area contributed by atoms with Crippen molar-refractivity contribution in [2.45, 2.75) is 32.2 Å². The number of amides is 2. The van der Waals surface area contributed by atoms with Crippen LogP contribution in [0.2, 0.25) is 0 Å². The molecule has 1 unspecified atom stereocenters. The van der Waals surface area contributed by atoms with Gasteiger partial charge in [0.25, 0.3) is 5.91 Å². The molecule has 1 aromatic heterocycles. The maximum atomic E-state index is 12.7. The summed E-state index contributed by atoms with van der Waals surface area (Å²) < 4.78 is 44.4. The maximum absolute atomic E-state index is 12.7. The van der Waals surface area contributed by atoms with Gasteiger partial charge in [-0.2, -0.15) is 13.2 Å². The molecule has 0 saturated carbocycles. The molecule has 0 saturated heterocycles. The fraction of sp³-hybridized carbons (Fsp3) is 0.292. The van der Waals surface area contributed by atoms with Crippen molar-refractivity contribution in [3.05, 3.63) is 72.3 Å². The summed E-state index contributed by atoms with van der Waals surface area (Å²) in [6, 6.07) is 12.7. The molecule has 0 fully saturated rings. The Kier molecular flexibility index (Phi) is 8.13. The highest BCUT2D eigenvalue weighted by molar-refractivity contribution is 6.05. The Labute approximate surface area is 200 Å². The van der Waals surface area contributed by atoms with Gasteiger partial charge in [0, 0.05) is 23.6 Å². The molecule has 0 aliphatic heterocycles. The van der Waals surface area contributed by atoms with Crippen LogP contribution in [0.15, 0.2) is 60.9 Å². The Morgan fingerprint density at radius 2 is 1.80 bits per heavy atom. The van der Waals surface area contributed by atoms with Gasteiger partial charge in [0.15, 0.2) is 0 Å². The third kappa shape index (κ3) is 7.06. The molecule has 0 aliphatic carbocycles. The first-order valence-corrected chi connectivity index (χ1v) is 10.7. The van der Waals surface area contributed by atoms with E-state index < -0.39 is 18.8 Å². The van der Waals surface area contributed by atoms with Crippen LogP contribution in [-0.2, 0) is 17.9 Å². The number of nitrogens with zero attached hydrogens (tertiary/aromatic N) is 3. The van der Waals surface area contributed by atoms with E-state index in [1.807, 2.05) is 0 Å². The van der Waals surface area contributed by atoms with Gasteiger partial charge in [0.1, 0.15) is 18.1 Å². The van der Waals surface area contributed by atoms with Crippen LogP contribution in [0, 0.1) is 0 Å². The number of para-hydroxylation sites is 2. The maximum Gasteiger partial charge on any atom is 0.406 e. The standard InChI is InChI=1S/C24H26F3N5O3/c1-16(31(2)14-21-28-12-13-32(21)15-24(25,26)27)22(33)29-18-10-8-17(9-11-18)23(34)30-19-6-4-5-7-20(19)35-3/h4-13,16H,14-15H2,1-3H3,(H,29,33)(H,30,34). The van der Waals surface area contributed by atoms with Gasteiger partial charge < -0.3 is 19.9 Å². The first-order chi connectivity index (χ1) is 16.6. The number of benzene rings is 2. The molecule has 2 aromatic carbocycles. The molecule has 2 amide bonds. The normalized spacial score (nSPS) is 12.3. The summed E-state index contributed by atoms with van der Waals surface area (Å²) in [7, 11) is 3.14. The van der Waals surface area contributed by atoms with Crippen LogP contribution in [0.5, 0.6) is 5.75 Å². The molecule has 35 heavy (non-hydrogen) atoms. The quantitative estimate of drug-likeness (QED) is 0.471. The van der Waals surface area contributed by atoms with E-state index >= 15 is 0 Å². The summed E-state index contributed by atoms with van der Waals surface area (Å²) in [4.78, 5) is 30.8. The number of hydrogen-bond acceptors (Lipinski definition) is 5. The van der Waals surface area contributed by atoms with Crippen molar-refractivity contribution in [2.75, 3.05) is 24.8 Å². The summed E-state index contributed by atoms with van der Waals surface area (Å²) in [6.07, 6.45) is -1.81. The van der Waals surface area contributed by atoms with Crippen molar-refractivity contribution in [3.8, 4) is 5.75 Å². The fourth-order valence-corrected chi connectivity index (χ4v) is 3.28. The fourth-order valence-electron chi connectivity index (χ4n) is 3.28. The van der Waals surface area contributed by atoms with Crippen molar-refractivity contribution in [1.29, 1.82) is 0 Å².